The molecule has 1 rings (SSSR count). The van der Waals surface area contributed by atoms with Crippen molar-refractivity contribution in [3.05, 3.63) is 35.4 Å². The van der Waals surface area contributed by atoms with Crippen LogP contribution in [0, 0.1) is 0 Å². The quantitative estimate of drug-likeness (QED) is 0.394. The second-order valence-electron chi connectivity index (χ2n) is 5.78. The van der Waals surface area contributed by atoms with Gasteiger partial charge in [-0.25, -0.2) is 4.79 Å². The van der Waals surface area contributed by atoms with E-state index in [4.69, 9.17) is 9.05 Å². The molecule has 1 aromatic carbocycles. The standard InChI is InChI=1S/C18H26NO8P/c1-4-26-28(24,27-5-2)12-13-6-8-14(9-7-13)17(21)19-15(18(22)23)10-11-16(20)25-3/h6-9,15H,4-5,10-12H2,1-3H3,(H,19,21)(H,22,23)/t15-/m0/s1. The molecule has 0 aromatic heterocycles. The lowest BCUT2D eigenvalue weighted by molar-refractivity contribution is -0.142. The van der Waals surface area contributed by atoms with Gasteiger partial charge in [0.05, 0.1) is 26.5 Å². The number of carboxylic acid groups (broad SMARTS) is 1. The van der Waals surface area contributed by atoms with Gasteiger partial charge in [-0.2, -0.15) is 0 Å². The number of amides is 1. The first-order valence-electron chi connectivity index (χ1n) is 8.82. The highest BCUT2D eigenvalue weighted by molar-refractivity contribution is 7.53. The lowest BCUT2D eigenvalue weighted by Crippen LogP contribution is -2.41. The number of methoxy groups -OCH3 is 1. The summed E-state index contributed by atoms with van der Waals surface area (Å²) in [6, 6.07) is 4.97. The van der Waals surface area contributed by atoms with Gasteiger partial charge in [-0.3, -0.25) is 14.2 Å². The number of carboxylic acids is 1. The van der Waals surface area contributed by atoms with Gasteiger partial charge in [0, 0.05) is 12.0 Å². The normalized spacial score (nSPS) is 12.2. The highest BCUT2D eigenvalue weighted by Gasteiger charge is 2.25. The van der Waals surface area contributed by atoms with Crippen LogP contribution in [0.4, 0.5) is 0 Å². The number of benzene rings is 1. The van der Waals surface area contributed by atoms with Crippen LogP contribution in [0.3, 0.4) is 0 Å². The van der Waals surface area contributed by atoms with Gasteiger partial charge in [0.2, 0.25) is 0 Å². The monoisotopic (exact) mass is 415 g/mol. The number of rotatable bonds is 12. The van der Waals surface area contributed by atoms with Crippen LogP contribution in [0.25, 0.3) is 0 Å². The van der Waals surface area contributed by atoms with E-state index in [1.807, 2.05) is 0 Å². The maximum Gasteiger partial charge on any atom is 0.335 e. The molecule has 1 amide bonds. The minimum atomic E-state index is -3.26. The van der Waals surface area contributed by atoms with Crippen LogP contribution in [-0.2, 0) is 34.1 Å². The Kier molecular flexibility index (Phi) is 9.85. The van der Waals surface area contributed by atoms with Crippen LogP contribution in [-0.4, -0.2) is 49.3 Å². The molecular formula is C18H26NO8P. The SMILES string of the molecule is CCOP(=O)(Cc1ccc(C(=O)N[C@@H](CCC(=O)OC)C(=O)O)cc1)OCC. The van der Waals surface area contributed by atoms with E-state index in [1.54, 1.807) is 26.0 Å². The Bertz CT molecular complexity index is 709. The number of carbonyl (C=O) groups is 3. The van der Waals surface area contributed by atoms with Gasteiger partial charge in [0.1, 0.15) is 6.04 Å². The molecule has 0 aliphatic heterocycles. The van der Waals surface area contributed by atoms with Crippen molar-refractivity contribution in [3.63, 3.8) is 0 Å². The first-order chi connectivity index (χ1) is 13.2. The first kappa shape index (κ1) is 23.8. The number of carbonyl (C=O) groups excluding carboxylic acids is 2. The third kappa shape index (κ3) is 7.80. The Morgan fingerprint density at radius 3 is 2.14 bits per heavy atom. The second kappa shape index (κ2) is 11.6. The van der Waals surface area contributed by atoms with Gasteiger partial charge in [-0.1, -0.05) is 12.1 Å². The van der Waals surface area contributed by atoms with Crippen LogP contribution >= 0.6 is 7.60 Å². The van der Waals surface area contributed by atoms with Crippen molar-refractivity contribution < 1.29 is 37.8 Å². The molecule has 0 aliphatic rings. The molecule has 2 N–H and O–H groups in total. The van der Waals surface area contributed by atoms with Crippen molar-refractivity contribution in [2.45, 2.75) is 38.9 Å². The fourth-order valence-corrected chi connectivity index (χ4v) is 4.07. The molecule has 0 unspecified atom stereocenters. The fraction of sp³-hybridized carbons (Fsp3) is 0.500. The zero-order valence-electron chi connectivity index (χ0n) is 16.2. The van der Waals surface area contributed by atoms with Gasteiger partial charge < -0.3 is 24.2 Å². The van der Waals surface area contributed by atoms with E-state index >= 15 is 0 Å². The summed E-state index contributed by atoms with van der Waals surface area (Å²) < 4.78 is 27.5. The van der Waals surface area contributed by atoms with Crippen molar-refractivity contribution >= 4 is 25.4 Å². The zero-order valence-corrected chi connectivity index (χ0v) is 17.1. The smallest absolute Gasteiger partial charge is 0.335 e. The van der Waals surface area contributed by atoms with E-state index in [-0.39, 0.29) is 37.8 Å². The summed E-state index contributed by atoms with van der Waals surface area (Å²) >= 11 is 0. The van der Waals surface area contributed by atoms with Crippen molar-refractivity contribution in [1.29, 1.82) is 0 Å². The molecule has 0 radical (unpaired) electrons. The van der Waals surface area contributed by atoms with Gasteiger partial charge in [-0.05, 0) is 38.0 Å². The lowest BCUT2D eigenvalue weighted by Gasteiger charge is -2.17. The third-order valence-corrected chi connectivity index (χ3v) is 5.77. The Balaban J connectivity index is 2.77. The lowest BCUT2D eigenvalue weighted by atomic mass is 10.1. The number of ether oxygens (including phenoxy) is 1. The van der Waals surface area contributed by atoms with Crippen LogP contribution in [0.1, 0.15) is 42.6 Å². The number of aliphatic carboxylic acids is 1. The van der Waals surface area contributed by atoms with Crippen molar-refractivity contribution in [1.82, 2.24) is 5.32 Å². The molecule has 0 spiro atoms. The van der Waals surface area contributed by atoms with E-state index in [9.17, 15) is 24.1 Å². The van der Waals surface area contributed by atoms with Crippen LogP contribution in [0.2, 0.25) is 0 Å². The predicted molar refractivity (Wildman–Crippen MR) is 101 cm³/mol. The number of esters is 1. The summed E-state index contributed by atoms with van der Waals surface area (Å²) in [5.74, 6) is -2.40. The summed E-state index contributed by atoms with van der Waals surface area (Å²) in [6.45, 7) is 3.94. The zero-order chi connectivity index (χ0) is 21.2. The average molecular weight is 415 g/mol. The van der Waals surface area contributed by atoms with Crippen molar-refractivity contribution in [2.75, 3.05) is 20.3 Å². The van der Waals surface area contributed by atoms with Gasteiger partial charge in [0.15, 0.2) is 0 Å². The molecule has 156 valence electrons. The molecule has 10 heteroatoms. The average Bonchev–Trinajstić information content (AvgIpc) is 2.65. The molecule has 0 aliphatic carbocycles. The van der Waals surface area contributed by atoms with Gasteiger partial charge >= 0.3 is 19.5 Å². The molecule has 0 saturated carbocycles. The summed E-state index contributed by atoms with van der Waals surface area (Å²) in [4.78, 5) is 34.7. The van der Waals surface area contributed by atoms with E-state index in [2.05, 4.69) is 10.1 Å². The minimum Gasteiger partial charge on any atom is -0.480 e. The molecule has 1 atom stereocenters. The number of hydrogen-bond donors (Lipinski definition) is 2. The Morgan fingerprint density at radius 1 is 1.11 bits per heavy atom. The highest BCUT2D eigenvalue weighted by Crippen LogP contribution is 2.51. The van der Waals surface area contributed by atoms with Crippen molar-refractivity contribution in [3.8, 4) is 0 Å². The fourth-order valence-electron chi connectivity index (χ4n) is 2.37. The summed E-state index contributed by atoms with van der Waals surface area (Å²) in [6.07, 6.45) is -0.151. The molecule has 9 nitrogen and oxygen atoms in total. The van der Waals surface area contributed by atoms with E-state index in [0.717, 1.165) is 0 Å². The van der Waals surface area contributed by atoms with Crippen LogP contribution < -0.4 is 5.32 Å². The second-order valence-corrected chi connectivity index (χ2v) is 7.84. The molecule has 0 fully saturated rings. The molecule has 0 saturated heterocycles. The van der Waals surface area contributed by atoms with E-state index in [0.29, 0.717) is 5.56 Å². The third-order valence-electron chi connectivity index (χ3n) is 3.71. The van der Waals surface area contributed by atoms with Gasteiger partial charge in [-0.15, -0.1) is 0 Å². The number of nitrogens with one attached hydrogen (secondary N) is 1. The molecule has 0 bridgehead atoms. The summed E-state index contributed by atoms with van der Waals surface area (Å²) in [7, 11) is -2.06. The Morgan fingerprint density at radius 2 is 1.68 bits per heavy atom. The molecule has 28 heavy (non-hydrogen) atoms. The predicted octanol–water partition coefficient (Wildman–Crippen LogP) is 2.59. The minimum absolute atomic E-state index is 0.0630. The molecular weight excluding hydrogens is 389 g/mol. The highest BCUT2D eigenvalue weighted by atomic mass is 31.2. The Labute approximate surface area is 163 Å². The van der Waals surface area contributed by atoms with Crippen LogP contribution in [0.15, 0.2) is 24.3 Å². The van der Waals surface area contributed by atoms with Crippen molar-refractivity contribution in [2.24, 2.45) is 0 Å². The van der Waals surface area contributed by atoms with E-state index < -0.39 is 31.5 Å². The van der Waals surface area contributed by atoms with Crippen LogP contribution in [0.5, 0.6) is 0 Å². The first-order valence-corrected chi connectivity index (χ1v) is 10.5. The van der Waals surface area contributed by atoms with E-state index in [1.165, 1.54) is 19.2 Å². The topological polar surface area (TPSA) is 128 Å². The number of hydrogen-bond acceptors (Lipinski definition) is 7. The molecule has 0 heterocycles. The molecule has 1 aromatic rings. The Hall–Kier alpha value is -2.22. The largest absolute Gasteiger partial charge is 0.480 e. The summed E-state index contributed by atoms with van der Waals surface area (Å²) in [5.41, 5.74) is 0.887. The maximum absolute atomic E-state index is 12.5. The maximum atomic E-state index is 12.5. The van der Waals surface area contributed by atoms with Gasteiger partial charge in [0.25, 0.3) is 5.91 Å². The summed E-state index contributed by atoms with van der Waals surface area (Å²) in [5, 5.41) is 11.6.